The molecule has 0 atom stereocenters. The van der Waals surface area contributed by atoms with Gasteiger partial charge in [0.15, 0.2) is 5.03 Å². The van der Waals surface area contributed by atoms with E-state index < -0.39 is 20.3 Å². The van der Waals surface area contributed by atoms with Crippen molar-refractivity contribution < 1.29 is 94.8 Å². The molecule has 11 heavy (non-hydrogen) atoms. The van der Waals surface area contributed by atoms with Gasteiger partial charge in [0.1, 0.15) is 0 Å². The molecule has 0 aromatic carbocycles. The van der Waals surface area contributed by atoms with Crippen LogP contribution in [0.1, 0.15) is 1.43 Å². The Labute approximate surface area is 118 Å². The second kappa shape index (κ2) is 2.88. The summed E-state index contributed by atoms with van der Waals surface area (Å²) in [5.74, 6) is 0. The Balaban J connectivity index is -0.000000405. The van der Waals surface area contributed by atoms with E-state index in [1.807, 2.05) is 0 Å². The summed E-state index contributed by atoms with van der Waals surface area (Å²) >= 11 is 0. The van der Waals surface area contributed by atoms with Crippen molar-refractivity contribution in [3.8, 4) is 0 Å². The quantitative estimate of drug-likeness (QED) is 0.407. The third kappa shape index (κ3) is 14.1. The molecule has 0 saturated heterocycles. The Kier molecular flexibility index (Phi) is 3.87. The van der Waals surface area contributed by atoms with Gasteiger partial charge in [0.25, 0.3) is 0 Å². The summed E-state index contributed by atoms with van der Waals surface area (Å²) in [5.41, 5.74) is 0. The van der Waals surface area contributed by atoms with Crippen LogP contribution in [0.3, 0.4) is 0 Å². The maximum Gasteiger partial charge on any atom is 1.00 e. The van der Waals surface area contributed by atoms with Crippen molar-refractivity contribution in [1.29, 1.82) is 0 Å². The van der Waals surface area contributed by atoms with E-state index in [4.69, 9.17) is 10.1 Å². The van der Waals surface area contributed by atoms with Crippen LogP contribution in [0.2, 0.25) is 0 Å². The van der Waals surface area contributed by atoms with E-state index in [2.05, 4.69) is 0 Å². The molecule has 0 saturated carbocycles. The first kappa shape index (κ1) is 14.8. The van der Waals surface area contributed by atoms with Gasteiger partial charge in [-0.3, -0.25) is 0 Å². The van der Waals surface area contributed by atoms with E-state index in [1.165, 1.54) is 0 Å². The molecule has 66 valence electrons. The molecule has 4 nitrogen and oxygen atoms in total. The Morgan fingerprint density at radius 3 is 1.55 bits per heavy atom. The Bertz CT molecular complexity index is 175. The standard InChI is InChI=1S/Cs.F5HN2O2S.H/c;1-10(2,3,4,5)6-7(8)9;/h;6H;/q+1;;-1. The number of hydrogen-bond acceptors (Lipinski definition) is 2. The number of halogens is 5. The number of nitro groups is 1. The van der Waals surface area contributed by atoms with Gasteiger partial charge in [0, 0.05) is 4.83 Å². The van der Waals surface area contributed by atoms with Crippen LogP contribution < -0.4 is 73.7 Å². The number of rotatable bonds is 2. The van der Waals surface area contributed by atoms with Gasteiger partial charge in [0.05, 0.1) is 0 Å². The van der Waals surface area contributed by atoms with Crippen molar-refractivity contribution in [3.05, 3.63) is 10.1 Å². The van der Waals surface area contributed by atoms with Crippen LogP contribution in [0.5, 0.6) is 0 Å². The van der Waals surface area contributed by atoms with E-state index in [9.17, 15) is 19.4 Å². The van der Waals surface area contributed by atoms with E-state index in [-0.39, 0.29) is 70.3 Å². The SMILES string of the molecule is O=[N+]([O-])NS(F)(F)(F)(F)F.[Cs+].[H-]. The average molecular weight is 322 g/mol. The number of nitrogens with zero attached hydrogens (tertiary/aromatic N) is 1. The molecule has 0 fully saturated rings. The summed E-state index contributed by atoms with van der Waals surface area (Å²) in [5, 5.41) is 6.60. The molecule has 11 heteroatoms. The minimum atomic E-state index is -10.1. The van der Waals surface area contributed by atoms with Crippen molar-refractivity contribution in [2.24, 2.45) is 0 Å². The molecular weight excluding hydrogens is 320 g/mol. The summed E-state index contributed by atoms with van der Waals surface area (Å²) in [6.07, 6.45) is 0. The second-order valence-electron chi connectivity index (χ2n) is 1.32. The van der Waals surface area contributed by atoms with Gasteiger partial charge in [0.2, 0.25) is 0 Å². The summed E-state index contributed by atoms with van der Waals surface area (Å²) in [4.78, 5) is 7.99. The van der Waals surface area contributed by atoms with Crippen molar-refractivity contribution in [2.45, 2.75) is 0 Å². The molecule has 0 radical (unpaired) electrons. The molecule has 0 bridgehead atoms. The van der Waals surface area contributed by atoms with Crippen molar-refractivity contribution in [2.75, 3.05) is 0 Å². The first-order valence-corrected chi connectivity index (χ1v) is 3.52. The third-order valence-corrected chi connectivity index (χ3v) is 0.741. The number of hydrogen-bond donors (Lipinski definition) is 1. The van der Waals surface area contributed by atoms with Crippen molar-refractivity contribution in [1.82, 2.24) is 4.83 Å². The van der Waals surface area contributed by atoms with Gasteiger partial charge < -0.3 is 1.43 Å². The molecule has 0 unspecified atom stereocenters. The summed E-state index contributed by atoms with van der Waals surface area (Å²) in [6, 6.07) is 0. The molecule has 0 heterocycles. The minimum Gasteiger partial charge on any atom is -1.00 e. The molecule has 0 aliphatic heterocycles. The largest absolute Gasteiger partial charge is 1.00 e. The van der Waals surface area contributed by atoms with Crippen LogP contribution >= 0.6 is 10.4 Å². The van der Waals surface area contributed by atoms with E-state index in [0.29, 0.717) is 0 Å². The third-order valence-electron chi connectivity index (χ3n) is 0.247. The van der Waals surface area contributed by atoms with E-state index >= 15 is 0 Å². The van der Waals surface area contributed by atoms with Crippen LogP contribution in [0.25, 0.3) is 0 Å². The zero-order chi connectivity index (χ0) is 8.69. The molecule has 1 N–H and O–H groups in total. The summed E-state index contributed by atoms with van der Waals surface area (Å²) < 4.78 is 54.6. The number of hydrazine groups is 1. The Morgan fingerprint density at radius 2 is 1.55 bits per heavy atom. The Morgan fingerprint density at radius 1 is 1.27 bits per heavy atom. The van der Waals surface area contributed by atoms with Crippen molar-refractivity contribution >= 4 is 10.4 Å². The van der Waals surface area contributed by atoms with Crippen LogP contribution in [-0.2, 0) is 0 Å². The van der Waals surface area contributed by atoms with Gasteiger partial charge >= 0.3 is 79.3 Å². The molecule has 0 spiro atoms. The molecule has 0 aliphatic rings. The zero-order valence-electron chi connectivity index (χ0n) is 6.06. The van der Waals surface area contributed by atoms with Crippen molar-refractivity contribution in [3.63, 3.8) is 0 Å². The van der Waals surface area contributed by atoms with Crippen LogP contribution in [0.15, 0.2) is 0 Å². The van der Waals surface area contributed by atoms with Crippen LogP contribution in [0, 0.1) is 10.1 Å². The van der Waals surface area contributed by atoms with E-state index in [0.717, 1.165) is 0 Å². The first-order valence-electron chi connectivity index (χ1n) is 1.56. The maximum absolute atomic E-state index is 10.9. The van der Waals surface area contributed by atoms with E-state index in [1.54, 1.807) is 0 Å². The number of nitrogens with one attached hydrogen (secondary N) is 1. The minimum absolute atomic E-state index is 0. The maximum atomic E-state index is 10.9. The molecule has 0 aromatic heterocycles. The molecule has 0 amide bonds. The molecule has 0 aromatic rings. The summed E-state index contributed by atoms with van der Waals surface area (Å²) in [6.45, 7) is 0. The predicted octanol–water partition coefficient (Wildman–Crippen LogP) is -0.902. The van der Waals surface area contributed by atoms with Gasteiger partial charge in [-0.1, -0.05) is 19.4 Å². The van der Waals surface area contributed by atoms with Gasteiger partial charge in [-0.2, -0.15) is 0 Å². The zero-order valence-corrected chi connectivity index (χ0v) is 12.2. The van der Waals surface area contributed by atoms with Gasteiger partial charge in [-0.05, 0) is 0 Å². The molecule has 0 rings (SSSR count). The van der Waals surface area contributed by atoms with Crippen LogP contribution in [0.4, 0.5) is 19.4 Å². The fourth-order valence-electron chi connectivity index (χ4n) is 0.141. The monoisotopic (exact) mass is 322 g/mol. The van der Waals surface area contributed by atoms with Gasteiger partial charge in [-0.15, -0.1) is 0 Å². The fourth-order valence-corrected chi connectivity index (χ4v) is 0.423. The Hall–Kier alpha value is 1.25. The molecular formula is H2CsF5N2O2S. The van der Waals surface area contributed by atoms with Gasteiger partial charge in [-0.25, -0.2) is 10.1 Å². The summed E-state index contributed by atoms with van der Waals surface area (Å²) in [7, 11) is -10.1. The average Bonchev–Trinajstić information content (AvgIpc) is 1.12. The predicted molar refractivity (Wildman–Crippen MR) is 24.4 cm³/mol. The normalized spacial score (nSPS) is 17.2. The topological polar surface area (TPSA) is 55.2 Å². The molecule has 0 aliphatic carbocycles. The second-order valence-corrected chi connectivity index (χ2v) is 3.44. The fraction of sp³-hybridized carbons (Fsp3) is 0. The van der Waals surface area contributed by atoms with Crippen LogP contribution in [-0.4, -0.2) is 5.03 Å². The smallest absolute Gasteiger partial charge is 1.00 e. The first-order chi connectivity index (χ1) is 3.89.